The number of thioether (sulfide) groups is 1. The molecule has 2 aromatic carbocycles. The highest BCUT2D eigenvalue weighted by molar-refractivity contribution is 7.99. The molecular formula is C18H19F2NOS. The van der Waals surface area contributed by atoms with E-state index in [1.54, 1.807) is 6.92 Å². The predicted octanol–water partition coefficient (Wildman–Crippen LogP) is 4.84. The molecule has 0 aromatic heterocycles. The number of anilines is 1. The number of carbonyl (C=O) groups excluding carboxylic acids is 1. The summed E-state index contributed by atoms with van der Waals surface area (Å²) in [5, 5.41) is 2.53. The zero-order chi connectivity index (χ0) is 17.0. The van der Waals surface area contributed by atoms with Crippen molar-refractivity contribution in [2.24, 2.45) is 0 Å². The minimum absolute atomic E-state index is 0.149. The van der Waals surface area contributed by atoms with Gasteiger partial charge in [-0.3, -0.25) is 4.79 Å². The van der Waals surface area contributed by atoms with Gasteiger partial charge in [-0.25, -0.2) is 8.78 Å². The van der Waals surface area contributed by atoms with Crippen molar-refractivity contribution in [2.75, 3.05) is 5.32 Å². The van der Waals surface area contributed by atoms with Gasteiger partial charge in [0.05, 0.1) is 5.25 Å². The Hall–Kier alpha value is -1.88. The van der Waals surface area contributed by atoms with E-state index in [0.717, 1.165) is 22.9 Å². The monoisotopic (exact) mass is 335 g/mol. The normalized spacial score (nSPS) is 12.0. The third kappa shape index (κ3) is 4.32. The van der Waals surface area contributed by atoms with Crippen LogP contribution in [0.3, 0.4) is 0 Å². The molecule has 2 aromatic rings. The lowest BCUT2D eigenvalue weighted by atomic mass is 10.1. The summed E-state index contributed by atoms with van der Waals surface area (Å²) in [6, 6.07) is 9.88. The highest BCUT2D eigenvalue weighted by Gasteiger charge is 2.17. The van der Waals surface area contributed by atoms with Crippen LogP contribution in [0, 0.1) is 25.5 Å². The first-order chi connectivity index (χ1) is 10.9. The molecule has 1 atom stereocenters. The average molecular weight is 335 g/mol. The molecule has 0 heterocycles. The summed E-state index contributed by atoms with van der Waals surface area (Å²) >= 11 is 1.27. The number of para-hydroxylation sites is 1. The quantitative estimate of drug-likeness (QED) is 0.847. The van der Waals surface area contributed by atoms with Crippen molar-refractivity contribution >= 4 is 23.4 Å². The predicted molar refractivity (Wildman–Crippen MR) is 91.7 cm³/mol. The fourth-order valence-electron chi connectivity index (χ4n) is 2.19. The molecule has 1 unspecified atom stereocenters. The molecule has 122 valence electrons. The number of nitrogens with one attached hydrogen (secondary N) is 1. The van der Waals surface area contributed by atoms with Crippen molar-refractivity contribution in [3.8, 4) is 0 Å². The third-order valence-electron chi connectivity index (χ3n) is 3.62. The van der Waals surface area contributed by atoms with Crippen LogP contribution in [0.4, 0.5) is 14.5 Å². The van der Waals surface area contributed by atoms with Crippen LogP contribution >= 0.6 is 11.8 Å². The molecule has 0 aliphatic heterocycles. The van der Waals surface area contributed by atoms with Gasteiger partial charge in [0.2, 0.25) is 5.91 Å². The van der Waals surface area contributed by atoms with Crippen LogP contribution in [0.25, 0.3) is 0 Å². The zero-order valence-electron chi connectivity index (χ0n) is 13.3. The lowest BCUT2D eigenvalue weighted by molar-refractivity contribution is -0.115. The lowest BCUT2D eigenvalue weighted by Gasteiger charge is -2.15. The molecule has 1 N–H and O–H groups in total. The molecule has 0 aliphatic carbocycles. The molecule has 5 heteroatoms. The first kappa shape index (κ1) is 17.5. The maximum atomic E-state index is 13.6. The highest BCUT2D eigenvalue weighted by atomic mass is 32.2. The lowest BCUT2D eigenvalue weighted by Crippen LogP contribution is -2.23. The van der Waals surface area contributed by atoms with Gasteiger partial charge in [0.1, 0.15) is 0 Å². The molecule has 0 fully saturated rings. The summed E-state index contributed by atoms with van der Waals surface area (Å²) in [5.74, 6) is -1.62. The molecule has 2 rings (SSSR count). The molecule has 2 nitrogen and oxygen atoms in total. The number of rotatable bonds is 5. The summed E-state index contributed by atoms with van der Waals surface area (Å²) in [7, 11) is 0. The van der Waals surface area contributed by atoms with E-state index in [1.165, 1.54) is 23.9 Å². The van der Waals surface area contributed by atoms with E-state index in [9.17, 15) is 13.6 Å². The fraction of sp³-hybridized carbons (Fsp3) is 0.278. The maximum absolute atomic E-state index is 13.6. The van der Waals surface area contributed by atoms with Gasteiger partial charge >= 0.3 is 0 Å². The van der Waals surface area contributed by atoms with Crippen LogP contribution in [0.5, 0.6) is 0 Å². The summed E-state index contributed by atoms with van der Waals surface area (Å²) in [4.78, 5) is 12.3. The van der Waals surface area contributed by atoms with Crippen LogP contribution in [0.1, 0.15) is 23.6 Å². The molecule has 0 radical (unpaired) electrons. The van der Waals surface area contributed by atoms with Gasteiger partial charge in [-0.15, -0.1) is 11.8 Å². The Labute approximate surface area is 139 Å². The number of benzene rings is 2. The Morgan fingerprint density at radius 3 is 2.39 bits per heavy atom. The molecule has 0 saturated heterocycles. The van der Waals surface area contributed by atoms with E-state index in [0.29, 0.717) is 0 Å². The fourth-order valence-corrected chi connectivity index (χ4v) is 3.05. The molecule has 1 amide bonds. The van der Waals surface area contributed by atoms with Crippen molar-refractivity contribution in [2.45, 2.75) is 31.8 Å². The molecule has 0 saturated carbocycles. The minimum Gasteiger partial charge on any atom is -0.325 e. The smallest absolute Gasteiger partial charge is 0.237 e. The van der Waals surface area contributed by atoms with Gasteiger partial charge in [0.25, 0.3) is 0 Å². The largest absolute Gasteiger partial charge is 0.325 e. The average Bonchev–Trinajstić information content (AvgIpc) is 2.52. The van der Waals surface area contributed by atoms with Crippen LogP contribution < -0.4 is 5.32 Å². The van der Waals surface area contributed by atoms with Crippen molar-refractivity contribution in [3.05, 3.63) is 64.7 Å². The van der Waals surface area contributed by atoms with E-state index in [-0.39, 0.29) is 22.5 Å². The molecule has 23 heavy (non-hydrogen) atoms. The van der Waals surface area contributed by atoms with Crippen molar-refractivity contribution in [1.82, 2.24) is 0 Å². The second-order valence-corrected chi connectivity index (χ2v) is 6.75. The standard InChI is InChI=1S/C18H19F2NOS/c1-11-6-4-7-12(2)17(11)21-18(22)13(3)23-10-14-8-5-9-15(19)16(14)20/h4-9,13H,10H2,1-3H3,(H,21,22). The molecule has 0 bridgehead atoms. The number of halogens is 2. The number of hydrogen-bond acceptors (Lipinski definition) is 2. The van der Waals surface area contributed by atoms with Crippen LogP contribution in [-0.4, -0.2) is 11.2 Å². The van der Waals surface area contributed by atoms with Gasteiger partial charge < -0.3 is 5.32 Å². The molecule has 0 aliphatic rings. The Morgan fingerprint density at radius 2 is 1.74 bits per heavy atom. The Kier molecular flexibility index (Phi) is 5.77. The van der Waals surface area contributed by atoms with Crippen LogP contribution in [0.2, 0.25) is 0 Å². The Balaban J connectivity index is 1.99. The van der Waals surface area contributed by atoms with Crippen LogP contribution in [-0.2, 0) is 10.5 Å². The van der Waals surface area contributed by atoms with Gasteiger partial charge in [0, 0.05) is 17.0 Å². The van der Waals surface area contributed by atoms with Gasteiger partial charge in [0.15, 0.2) is 11.6 Å². The van der Waals surface area contributed by atoms with Crippen molar-refractivity contribution < 1.29 is 13.6 Å². The second-order valence-electron chi connectivity index (χ2n) is 5.42. The van der Waals surface area contributed by atoms with Gasteiger partial charge in [-0.2, -0.15) is 0 Å². The van der Waals surface area contributed by atoms with Crippen molar-refractivity contribution in [3.63, 3.8) is 0 Å². The van der Waals surface area contributed by atoms with Crippen LogP contribution in [0.15, 0.2) is 36.4 Å². The minimum atomic E-state index is -0.865. The number of aryl methyl sites for hydroxylation is 2. The highest BCUT2D eigenvalue weighted by Crippen LogP contribution is 2.24. The summed E-state index contributed by atoms with van der Waals surface area (Å²) < 4.78 is 26.8. The second kappa shape index (κ2) is 7.59. The molecular weight excluding hydrogens is 316 g/mol. The summed E-state index contributed by atoms with van der Waals surface area (Å²) in [5.41, 5.74) is 3.06. The van der Waals surface area contributed by atoms with E-state index in [2.05, 4.69) is 5.32 Å². The number of amides is 1. The van der Waals surface area contributed by atoms with Gasteiger partial charge in [-0.1, -0.05) is 30.3 Å². The van der Waals surface area contributed by atoms with E-state index >= 15 is 0 Å². The Morgan fingerprint density at radius 1 is 1.13 bits per heavy atom. The molecule has 0 spiro atoms. The SMILES string of the molecule is Cc1cccc(C)c1NC(=O)C(C)SCc1cccc(F)c1F. The van der Waals surface area contributed by atoms with Crippen molar-refractivity contribution in [1.29, 1.82) is 0 Å². The number of hydrogen-bond donors (Lipinski definition) is 1. The third-order valence-corrected chi connectivity index (χ3v) is 4.81. The first-order valence-corrected chi connectivity index (χ1v) is 8.36. The summed E-state index contributed by atoms with van der Waals surface area (Å²) in [6.07, 6.45) is 0. The summed E-state index contributed by atoms with van der Waals surface area (Å²) in [6.45, 7) is 5.62. The van der Waals surface area contributed by atoms with Gasteiger partial charge in [-0.05, 0) is 38.0 Å². The number of carbonyl (C=O) groups is 1. The van der Waals surface area contributed by atoms with E-state index in [1.807, 2.05) is 32.0 Å². The van der Waals surface area contributed by atoms with E-state index in [4.69, 9.17) is 0 Å². The Bertz CT molecular complexity index is 698. The topological polar surface area (TPSA) is 29.1 Å². The first-order valence-electron chi connectivity index (χ1n) is 7.31. The van der Waals surface area contributed by atoms with E-state index < -0.39 is 11.6 Å². The maximum Gasteiger partial charge on any atom is 0.237 e. The zero-order valence-corrected chi connectivity index (χ0v) is 14.1.